The van der Waals surface area contributed by atoms with Crippen molar-refractivity contribution in [3.63, 3.8) is 0 Å². The fourth-order valence-electron chi connectivity index (χ4n) is 5.77. The van der Waals surface area contributed by atoms with E-state index in [1.54, 1.807) is 0 Å². The van der Waals surface area contributed by atoms with Crippen LogP contribution in [0.3, 0.4) is 0 Å². The fraction of sp³-hybridized carbons (Fsp3) is 0.355. The summed E-state index contributed by atoms with van der Waals surface area (Å²) in [5.74, 6) is 2.10. The van der Waals surface area contributed by atoms with Gasteiger partial charge >= 0.3 is 0 Å². The van der Waals surface area contributed by atoms with Crippen molar-refractivity contribution in [2.75, 3.05) is 25.0 Å². The molecular weight excluding hydrogens is 504 g/mol. The molecule has 0 bridgehead atoms. The standard InChI is InChI=1S/C31H32N6O3/c1-33-25(19-20-7-8-20)31(39)36-17-14-21(15-18-36)26-13-16-34-30-27(29(32)38)28(35-37(26)30)22-9-11-24(12-10-22)40-23-5-3-2-4-6-23/h2-6,9-12,19-21,26,34H,7-8,13-18H2,(H2,32,38). The Balaban J connectivity index is 1.20. The van der Waals surface area contributed by atoms with Crippen molar-refractivity contribution in [3.05, 3.63) is 83.4 Å². The molecule has 3 aliphatic rings. The summed E-state index contributed by atoms with van der Waals surface area (Å²) in [7, 11) is 0. The van der Waals surface area contributed by atoms with Gasteiger partial charge in [-0.3, -0.25) is 9.59 Å². The lowest BCUT2D eigenvalue weighted by Gasteiger charge is -2.38. The number of allylic oxidation sites excluding steroid dienone is 1. The summed E-state index contributed by atoms with van der Waals surface area (Å²) in [6.45, 7) is 9.38. The van der Waals surface area contributed by atoms with Crippen molar-refractivity contribution in [1.82, 2.24) is 14.7 Å². The van der Waals surface area contributed by atoms with Gasteiger partial charge in [0.25, 0.3) is 11.8 Å². The second-order valence-electron chi connectivity index (χ2n) is 10.7. The minimum Gasteiger partial charge on any atom is -0.457 e. The quantitative estimate of drug-likeness (QED) is 0.317. The Kier molecular flexibility index (Phi) is 6.99. The second-order valence-corrected chi connectivity index (χ2v) is 10.7. The fourth-order valence-corrected chi connectivity index (χ4v) is 5.77. The summed E-state index contributed by atoms with van der Waals surface area (Å²) >= 11 is 0. The first-order valence-corrected chi connectivity index (χ1v) is 13.9. The van der Waals surface area contributed by atoms with Crippen LogP contribution in [0.1, 0.15) is 48.5 Å². The van der Waals surface area contributed by atoms with E-state index in [0.29, 0.717) is 54.3 Å². The van der Waals surface area contributed by atoms with Crippen molar-refractivity contribution in [2.24, 2.45) is 17.6 Å². The van der Waals surface area contributed by atoms with E-state index in [-0.39, 0.29) is 17.6 Å². The van der Waals surface area contributed by atoms with Crippen molar-refractivity contribution < 1.29 is 14.3 Å². The summed E-state index contributed by atoms with van der Waals surface area (Å²) < 4.78 is 7.85. The number of benzene rings is 2. The lowest BCUT2D eigenvalue weighted by molar-refractivity contribution is -0.128. The van der Waals surface area contributed by atoms with Crippen LogP contribution < -0.4 is 15.8 Å². The van der Waals surface area contributed by atoms with Gasteiger partial charge in [-0.1, -0.05) is 24.3 Å². The smallest absolute Gasteiger partial charge is 0.254 e. The monoisotopic (exact) mass is 536 g/mol. The molecule has 9 nitrogen and oxygen atoms in total. The average molecular weight is 537 g/mol. The molecule has 2 aliphatic heterocycles. The third-order valence-electron chi connectivity index (χ3n) is 8.04. The number of carbonyl (C=O) groups excluding carboxylic acids is 2. The third-order valence-corrected chi connectivity index (χ3v) is 8.04. The molecule has 0 spiro atoms. The predicted molar refractivity (Wildman–Crippen MR) is 152 cm³/mol. The number of amides is 2. The molecule has 1 aliphatic carbocycles. The number of fused-ring (bicyclic) bond motifs is 1. The number of hydrogen-bond acceptors (Lipinski definition) is 5. The minimum absolute atomic E-state index is 0.0865. The maximum absolute atomic E-state index is 12.9. The molecule has 204 valence electrons. The number of anilines is 1. The maximum atomic E-state index is 12.9. The van der Waals surface area contributed by atoms with E-state index in [0.717, 1.165) is 43.4 Å². The number of primary amides is 1. The van der Waals surface area contributed by atoms with Gasteiger partial charge in [-0.25, -0.2) is 9.53 Å². The van der Waals surface area contributed by atoms with Crippen molar-refractivity contribution in [3.8, 4) is 22.8 Å². The first-order valence-electron chi connectivity index (χ1n) is 13.9. The number of nitrogens with one attached hydrogen (secondary N) is 1. The van der Waals surface area contributed by atoms with Gasteiger partial charge in [-0.2, -0.15) is 5.10 Å². The molecule has 1 saturated heterocycles. The van der Waals surface area contributed by atoms with Gasteiger partial charge in [0, 0.05) is 25.2 Å². The highest BCUT2D eigenvalue weighted by molar-refractivity contribution is 6.04. The first-order chi connectivity index (χ1) is 19.5. The van der Waals surface area contributed by atoms with Gasteiger partial charge in [0.15, 0.2) is 0 Å². The molecule has 2 fully saturated rings. The molecule has 2 aromatic carbocycles. The van der Waals surface area contributed by atoms with E-state index in [1.807, 2.05) is 70.3 Å². The second kappa shape index (κ2) is 10.9. The number of piperidine rings is 1. The minimum atomic E-state index is -0.524. The molecule has 40 heavy (non-hydrogen) atoms. The van der Waals surface area contributed by atoms with E-state index in [9.17, 15) is 9.59 Å². The van der Waals surface area contributed by atoms with Crippen molar-refractivity contribution in [1.29, 1.82) is 0 Å². The number of carbonyl (C=O) groups is 2. The zero-order valence-corrected chi connectivity index (χ0v) is 22.3. The van der Waals surface area contributed by atoms with Crippen molar-refractivity contribution >= 4 is 17.6 Å². The van der Waals surface area contributed by atoms with Crippen LogP contribution in [-0.2, 0) is 4.79 Å². The van der Waals surface area contributed by atoms with Crippen molar-refractivity contribution in [2.45, 2.75) is 38.1 Å². The zero-order chi connectivity index (χ0) is 27.6. The van der Waals surface area contributed by atoms with E-state index < -0.39 is 5.91 Å². The number of nitrogens with zero attached hydrogens (tertiary/aromatic N) is 4. The number of rotatable bonds is 7. The summed E-state index contributed by atoms with van der Waals surface area (Å²) in [6.07, 6.45) is 6.48. The van der Waals surface area contributed by atoms with Crippen LogP contribution in [0, 0.1) is 18.4 Å². The summed E-state index contributed by atoms with van der Waals surface area (Å²) in [5, 5.41) is 8.29. The van der Waals surface area contributed by atoms with Gasteiger partial charge in [0.2, 0.25) is 5.70 Å². The number of ether oxygens (including phenoxy) is 1. The molecule has 1 atom stereocenters. The van der Waals surface area contributed by atoms with E-state index in [1.165, 1.54) is 0 Å². The number of aromatic nitrogens is 2. The Morgan fingerprint density at radius 1 is 1.00 bits per heavy atom. The van der Waals surface area contributed by atoms with E-state index >= 15 is 0 Å². The Hall–Kier alpha value is -4.58. The molecule has 1 saturated carbocycles. The first kappa shape index (κ1) is 25.7. The Morgan fingerprint density at radius 3 is 2.35 bits per heavy atom. The maximum Gasteiger partial charge on any atom is 0.254 e. The number of likely N-dealkylation sites (tertiary alicyclic amines) is 1. The average Bonchev–Trinajstić information content (AvgIpc) is 3.72. The molecule has 3 N–H and O–H groups in total. The van der Waals surface area contributed by atoms with Gasteiger partial charge in [0.05, 0.1) is 12.6 Å². The van der Waals surface area contributed by atoms with Crippen LogP contribution >= 0.6 is 0 Å². The molecule has 9 heteroatoms. The number of nitrogens with two attached hydrogens (primary N) is 1. The molecule has 0 radical (unpaired) electrons. The van der Waals surface area contributed by atoms with Crippen LogP contribution in [-0.4, -0.2) is 46.1 Å². The van der Waals surface area contributed by atoms with Crippen LogP contribution in [0.4, 0.5) is 5.82 Å². The van der Waals surface area contributed by atoms with E-state index in [4.69, 9.17) is 22.1 Å². The molecule has 6 rings (SSSR count). The largest absolute Gasteiger partial charge is 0.457 e. The zero-order valence-electron chi connectivity index (χ0n) is 22.3. The SMILES string of the molecule is [C-]#[N+]C(=CC1CC1)C(=O)N1CCC(C2CCNc3c(C(N)=O)c(-c4ccc(Oc5ccccc5)cc4)nn32)CC1. The van der Waals surface area contributed by atoms with Gasteiger partial charge in [0.1, 0.15) is 28.6 Å². The Bertz CT molecular complexity index is 1480. The highest BCUT2D eigenvalue weighted by Crippen LogP contribution is 2.40. The van der Waals surface area contributed by atoms with Gasteiger partial charge in [-0.15, -0.1) is 0 Å². The number of hydrogen-bond donors (Lipinski definition) is 2. The molecular formula is C31H32N6O3. The molecule has 3 heterocycles. The molecule has 3 aromatic rings. The summed E-state index contributed by atoms with van der Waals surface area (Å²) in [4.78, 5) is 30.9. The molecule has 1 aromatic heterocycles. The van der Waals surface area contributed by atoms with E-state index in [2.05, 4.69) is 10.2 Å². The van der Waals surface area contributed by atoms with Crippen LogP contribution in [0.2, 0.25) is 0 Å². The molecule has 1 unspecified atom stereocenters. The topological polar surface area (TPSA) is 107 Å². The summed E-state index contributed by atoms with van der Waals surface area (Å²) in [5.41, 5.74) is 7.86. The summed E-state index contributed by atoms with van der Waals surface area (Å²) in [6, 6.07) is 17.1. The van der Waals surface area contributed by atoms with Crippen LogP contribution in [0.15, 0.2) is 66.4 Å². The Labute approximate surface area is 233 Å². The van der Waals surface area contributed by atoms with Crippen LogP contribution in [0.5, 0.6) is 11.5 Å². The van der Waals surface area contributed by atoms with Gasteiger partial charge < -0.3 is 20.7 Å². The highest BCUT2D eigenvalue weighted by atomic mass is 16.5. The van der Waals surface area contributed by atoms with Crippen LogP contribution in [0.25, 0.3) is 16.1 Å². The lowest BCUT2D eigenvalue weighted by Crippen LogP contribution is -2.42. The third kappa shape index (κ3) is 5.17. The predicted octanol–water partition coefficient (Wildman–Crippen LogP) is 5.25. The number of para-hydroxylation sites is 1. The lowest BCUT2D eigenvalue weighted by atomic mass is 9.86. The highest BCUT2D eigenvalue weighted by Gasteiger charge is 2.36. The Morgan fingerprint density at radius 2 is 1.70 bits per heavy atom. The van der Waals surface area contributed by atoms with Gasteiger partial charge in [-0.05, 0) is 80.3 Å². The normalized spacial score (nSPS) is 19.3. The molecule has 2 amide bonds.